The second kappa shape index (κ2) is 6.40. The highest BCUT2D eigenvalue weighted by atomic mass is 16.2. The van der Waals surface area contributed by atoms with Crippen molar-refractivity contribution in [3.8, 4) is 0 Å². The van der Waals surface area contributed by atoms with Gasteiger partial charge in [-0.1, -0.05) is 54.6 Å². The van der Waals surface area contributed by atoms with Crippen LogP contribution in [-0.2, 0) is 22.6 Å². The van der Waals surface area contributed by atoms with Gasteiger partial charge in [0.15, 0.2) is 0 Å². The average Bonchev–Trinajstić information content (AvgIpc) is 2.67. The van der Waals surface area contributed by atoms with Crippen molar-refractivity contribution < 1.29 is 9.59 Å². The van der Waals surface area contributed by atoms with Crippen molar-refractivity contribution in [2.24, 2.45) is 0 Å². The van der Waals surface area contributed by atoms with Crippen LogP contribution in [-0.4, -0.2) is 23.3 Å². The van der Waals surface area contributed by atoms with Crippen LogP contribution in [0.25, 0.3) is 10.8 Å². The van der Waals surface area contributed by atoms with Gasteiger partial charge in [-0.15, -0.1) is 0 Å². The first-order valence-electron chi connectivity index (χ1n) is 8.36. The summed E-state index contributed by atoms with van der Waals surface area (Å²) in [5, 5.41) is 4.85. The summed E-state index contributed by atoms with van der Waals surface area (Å²) in [6.07, 6.45) is 0.783. The number of fused-ring (bicyclic) bond motifs is 2. The zero-order valence-corrected chi connectivity index (χ0v) is 13.7. The molecule has 0 atom stereocenters. The summed E-state index contributed by atoms with van der Waals surface area (Å²) < 4.78 is 0. The molecule has 0 unspecified atom stereocenters. The molecular formula is C21H18N2O2. The Bertz CT molecular complexity index is 965. The number of anilines is 1. The van der Waals surface area contributed by atoms with Gasteiger partial charge in [0.25, 0.3) is 0 Å². The number of hydrogen-bond acceptors (Lipinski definition) is 2. The minimum atomic E-state index is -0.588. The molecule has 0 spiro atoms. The lowest BCUT2D eigenvalue weighted by atomic mass is 10.00. The lowest BCUT2D eigenvalue weighted by Crippen LogP contribution is -2.42. The fourth-order valence-corrected chi connectivity index (χ4v) is 3.26. The van der Waals surface area contributed by atoms with E-state index in [2.05, 4.69) is 11.4 Å². The molecule has 0 aromatic heterocycles. The van der Waals surface area contributed by atoms with Gasteiger partial charge in [0.2, 0.25) is 0 Å². The van der Waals surface area contributed by atoms with Gasteiger partial charge in [0.1, 0.15) is 0 Å². The number of rotatable bonds is 1. The summed E-state index contributed by atoms with van der Waals surface area (Å²) in [5.41, 5.74) is 3.00. The first-order valence-corrected chi connectivity index (χ1v) is 8.36. The van der Waals surface area contributed by atoms with Crippen LogP contribution in [0, 0.1) is 0 Å². The third-order valence-electron chi connectivity index (χ3n) is 4.62. The molecule has 0 radical (unpaired) electrons. The molecule has 0 bridgehead atoms. The van der Waals surface area contributed by atoms with Crippen LogP contribution in [0.15, 0.2) is 66.7 Å². The number of nitrogens with one attached hydrogen (secondary N) is 1. The molecule has 25 heavy (non-hydrogen) atoms. The maximum atomic E-state index is 12.5. The molecule has 1 aliphatic heterocycles. The quantitative estimate of drug-likeness (QED) is 0.696. The highest BCUT2D eigenvalue weighted by Crippen LogP contribution is 2.20. The Morgan fingerprint density at radius 3 is 2.40 bits per heavy atom. The normalized spacial score (nSPS) is 13.4. The minimum Gasteiger partial charge on any atom is -0.330 e. The van der Waals surface area contributed by atoms with E-state index < -0.39 is 11.8 Å². The van der Waals surface area contributed by atoms with Gasteiger partial charge in [0.05, 0.1) is 0 Å². The van der Waals surface area contributed by atoms with E-state index in [0.717, 1.165) is 22.8 Å². The van der Waals surface area contributed by atoms with Crippen molar-refractivity contribution in [1.82, 2.24) is 4.90 Å². The summed E-state index contributed by atoms with van der Waals surface area (Å²) >= 11 is 0. The van der Waals surface area contributed by atoms with Crippen molar-refractivity contribution >= 4 is 28.3 Å². The number of nitrogens with zero attached hydrogens (tertiary/aromatic N) is 1. The Kier molecular flexibility index (Phi) is 3.94. The molecular weight excluding hydrogens is 312 g/mol. The molecule has 0 aliphatic carbocycles. The standard InChI is InChI=1S/C21H18N2O2/c24-20(22-19-10-9-15-5-1-3-7-17(15)13-19)21(25)23-12-11-16-6-2-4-8-18(16)14-23/h1-10,13H,11-12,14H2,(H,22,24). The Morgan fingerprint density at radius 1 is 0.840 bits per heavy atom. The topological polar surface area (TPSA) is 49.4 Å². The molecule has 1 heterocycles. The monoisotopic (exact) mass is 330 g/mol. The van der Waals surface area contributed by atoms with Gasteiger partial charge >= 0.3 is 11.8 Å². The van der Waals surface area contributed by atoms with Crippen molar-refractivity contribution in [3.05, 3.63) is 77.9 Å². The lowest BCUT2D eigenvalue weighted by molar-refractivity contribution is -0.143. The molecule has 4 nitrogen and oxygen atoms in total. The Balaban J connectivity index is 1.48. The van der Waals surface area contributed by atoms with Crippen LogP contribution in [0.1, 0.15) is 11.1 Å². The van der Waals surface area contributed by atoms with Crippen LogP contribution in [0.2, 0.25) is 0 Å². The van der Waals surface area contributed by atoms with Crippen LogP contribution >= 0.6 is 0 Å². The summed E-state index contributed by atoms with van der Waals surface area (Å²) in [6, 6.07) is 21.6. The third-order valence-corrected chi connectivity index (χ3v) is 4.62. The summed E-state index contributed by atoms with van der Waals surface area (Å²) in [6.45, 7) is 1.06. The predicted octanol–water partition coefficient (Wildman–Crippen LogP) is 3.36. The van der Waals surface area contributed by atoms with Gasteiger partial charge in [-0.05, 0) is 40.5 Å². The number of benzene rings is 3. The molecule has 1 aliphatic rings. The third kappa shape index (κ3) is 3.11. The zero-order chi connectivity index (χ0) is 17.2. The molecule has 1 N–H and O–H groups in total. The Labute approximate surface area is 146 Å². The Hall–Kier alpha value is -3.14. The minimum absolute atomic E-state index is 0.484. The first-order chi connectivity index (χ1) is 12.2. The van der Waals surface area contributed by atoms with E-state index in [-0.39, 0.29) is 0 Å². The Morgan fingerprint density at radius 2 is 1.56 bits per heavy atom. The lowest BCUT2D eigenvalue weighted by Gasteiger charge is -2.28. The second-order valence-corrected chi connectivity index (χ2v) is 6.26. The number of carbonyl (C=O) groups excluding carboxylic acids is 2. The van der Waals surface area contributed by atoms with E-state index in [0.29, 0.717) is 18.8 Å². The van der Waals surface area contributed by atoms with E-state index in [1.807, 2.05) is 60.7 Å². The average molecular weight is 330 g/mol. The predicted molar refractivity (Wildman–Crippen MR) is 98.1 cm³/mol. The molecule has 0 fully saturated rings. The molecule has 4 heteroatoms. The highest BCUT2D eigenvalue weighted by Gasteiger charge is 2.25. The van der Waals surface area contributed by atoms with Crippen LogP contribution in [0.5, 0.6) is 0 Å². The van der Waals surface area contributed by atoms with E-state index in [4.69, 9.17) is 0 Å². The number of amides is 2. The number of hydrogen-bond donors (Lipinski definition) is 1. The maximum absolute atomic E-state index is 12.5. The smallest absolute Gasteiger partial charge is 0.313 e. The first kappa shape index (κ1) is 15.4. The molecule has 2 amide bonds. The molecule has 3 aromatic carbocycles. The molecule has 124 valence electrons. The molecule has 4 rings (SSSR count). The van der Waals surface area contributed by atoms with Crippen molar-refractivity contribution in [1.29, 1.82) is 0 Å². The van der Waals surface area contributed by atoms with E-state index in [1.54, 1.807) is 4.90 Å². The van der Waals surface area contributed by atoms with Crippen molar-refractivity contribution in [3.63, 3.8) is 0 Å². The second-order valence-electron chi connectivity index (χ2n) is 6.26. The molecule has 0 saturated heterocycles. The van der Waals surface area contributed by atoms with Gasteiger partial charge in [-0.3, -0.25) is 9.59 Å². The van der Waals surface area contributed by atoms with Gasteiger partial charge < -0.3 is 10.2 Å². The molecule has 3 aromatic rings. The van der Waals surface area contributed by atoms with E-state index >= 15 is 0 Å². The van der Waals surface area contributed by atoms with Crippen molar-refractivity contribution in [2.75, 3.05) is 11.9 Å². The SMILES string of the molecule is O=C(Nc1ccc2ccccc2c1)C(=O)N1CCc2ccccc2C1. The summed E-state index contributed by atoms with van der Waals surface area (Å²) in [4.78, 5) is 26.5. The molecule has 0 saturated carbocycles. The van der Waals surface area contributed by atoms with Crippen LogP contribution in [0.3, 0.4) is 0 Å². The van der Waals surface area contributed by atoms with Gasteiger partial charge in [0, 0.05) is 18.8 Å². The number of carbonyl (C=O) groups is 2. The fourth-order valence-electron chi connectivity index (χ4n) is 3.26. The van der Waals surface area contributed by atoms with E-state index in [9.17, 15) is 9.59 Å². The zero-order valence-electron chi connectivity index (χ0n) is 13.7. The summed E-state index contributed by atoms with van der Waals surface area (Å²) in [7, 11) is 0. The van der Waals surface area contributed by atoms with Crippen molar-refractivity contribution in [2.45, 2.75) is 13.0 Å². The largest absolute Gasteiger partial charge is 0.330 e. The summed E-state index contributed by atoms with van der Waals surface area (Å²) in [5.74, 6) is -1.07. The highest BCUT2D eigenvalue weighted by molar-refractivity contribution is 6.39. The van der Waals surface area contributed by atoms with Crippen LogP contribution in [0.4, 0.5) is 5.69 Å². The van der Waals surface area contributed by atoms with Crippen LogP contribution < -0.4 is 5.32 Å². The maximum Gasteiger partial charge on any atom is 0.313 e. The van der Waals surface area contributed by atoms with Gasteiger partial charge in [-0.25, -0.2) is 0 Å². The van der Waals surface area contributed by atoms with Gasteiger partial charge in [-0.2, -0.15) is 0 Å². The van der Waals surface area contributed by atoms with E-state index in [1.165, 1.54) is 5.56 Å². The fraction of sp³-hybridized carbons (Fsp3) is 0.143.